The van der Waals surface area contributed by atoms with E-state index in [1.165, 1.54) is 0 Å². The van der Waals surface area contributed by atoms with Gasteiger partial charge in [-0.2, -0.15) is 13.2 Å². The molecule has 0 radical (unpaired) electrons. The van der Waals surface area contributed by atoms with Crippen molar-refractivity contribution < 1.29 is 27.5 Å². The molecule has 0 saturated carbocycles. The van der Waals surface area contributed by atoms with E-state index in [4.69, 9.17) is 4.74 Å². The van der Waals surface area contributed by atoms with Gasteiger partial charge in [-0.15, -0.1) is 0 Å². The van der Waals surface area contributed by atoms with Gasteiger partial charge in [0.2, 0.25) is 11.8 Å². The lowest BCUT2D eigenvalue weighted by Gasteiger charge is -2.12. The Labute approximate surface area is 174 Å². The van der Waals surface area contributed by atoms with E-state index in [2.05, 4.69) is 15.3 Å². The summed E-state index contributed by atoms with van der Waals surface area (Å²) in [6.07, 6.45) is -3.50. The molecule has 1 aliphatic rings. The average Bonchev–Trinajstić information content (AvgIpc) is 3.04. The van der Waals surface area contributed by atoms with Crippen molar-refractivity contribution in [1.29, 1.82) is 0 Å². The number of likely N-dealkylation sites (N-methyl/N-ethyl adjacent to an activating group) is 1. The van der Waals surface area contributed by atoms with E-state index in [-0.39, 0.29) is 35.9 Å². The van der Waals surface area contributed by atoms with Crippen molar-refractivity contribution in [3.63, 3.8) is 0 Å². The summed E-state index contributed by atoms with van der Waals surface area (Å²) in [5, 5.41) is 3.48. The maximum absolute atomic E-state index is 12.6. The number of rotatable bonds is 4. The van der Waals surface area contributed by atoms with Crippen LogP contribution in [0.5, 0.6) is 11.6 Å². The molecule has 1 aliphatic heterocycles. The van der Waals surface area contributed by atoms with Crippen LogP contribution < -0.4 is 10.1 Å². The second-order valence-corrected chi connectivity index (χ2v) is 7.18. The Morgan fingerprint density at radius 3 is 2.65 bits per heavy atom. The highest BCUT2D eigenvalue weighted by molar-refractivity contribution is 5.95. The lowest BCUT2D eigenvalue weighted by Crippen LogP contribution is -2.36. The Bertz CT molecular complexity index is 1150. The quantitative estimate of drug-likeness (QED) is 0.686. The number of pyridine rings is 2. The summed E-state index contributed by atoms with van der Waals surface area (Å²) in [4.78, 5) is 33.6. The van der Waals surface area contributed by atoms with Gasteiger partial charge in [-0.3, -0.25) is 9.59 Å². The van der Waals surface area contributed by atoms with E-state index in [0.29, 0.717) is 29.4 Å². The topological polar surface area (TPSA) is 84.4 Å². The van der Waals surface area contributed by atoms with Crippen molar-refractivity contribution >= 4 is 22.7 Å². The number of amides is 2. The van der Waals surface area contributed by atoms with Gasteiger partial charge in [-0.05, 0) is 30.3 Å². The van der Waals surface area contributed by atoms with Crippen LogP contribution in [0.25, 0.3) is 10.9 Å². The molecule has 1 saturated heterocycles. The Balaban J connectivity index is 1.46. The monoisotopic (exact) mass is 430 g/mol. The largest absolute Gasteiger partial charge is 0.439 e. The number of nitrogens with zero attached hydrogens (tertiary/aromatic N) is 3. The predicted molar refractivity (Wildman–Crippen MR) is 105 cm³/mol. The summed E-state index contributed by atoms with van der Waals surface area (Å²) >= 11 is 0. The third kappa shape index (κ3) is 4.57. The van der Waals surface area contributed by atoms with Gasteiger partial charge in [-0.25, -0.2) is 9.97 Å². The first-order chi connectivity index (χ1) is 14.7. The number of fused-ring (bicyclic) bond motifs is 1. The molecule has 0 aliphatic carbocycles. The van der Waals surface area contributed by atoms with E-state index < -0.39 is 11.7 Å². The molecule has 1 atom stereocenters. The molecule has 31 heavy (non-hydrogen) atoms. The maximum atomic E-state index is 12.6. The average molecular weight is 430 g/mol. The van der Waals surface area contributed by atoms with Crippen molar-refractivity contribution in [2.75, 3.05) is 13.6 Å². The van der Waals surface area contributed by atoms with E-state index in [1.54, 1.807) is 42.3 Å². The summed E-state index contributed by atoms with van der Waals surface area (Å²) in [6, 6.07) is 9.89. The Kier molecular flexibility index (Phi) is 5.22. The van der Waals surface area contributed by atoms with Crippen LogP contribution in [0.1, 0.15) is 22.5 Å². The van der Waals surface area contributed by atoms with E-state index in [9.17, 15) is 22.8 Å². The molecule has 160 valence electrons. The van der Waals surface area contributed by atoms with Crippen molar-refractivity contribution in [2.45, 2.75) is 18.6 Å². The number of alkyl halides is 3. The third-order valence-electron chi connectivity index (χ3n) is 4.86. The van der Waals surface area contributed by atoms with Gasteiger partial charge in [0.1, 0.15) is 11.4 Å². The molecule has 1 aromatic carbocycles. The fourth-order valence-corrected chi connectivity index (χ4v) is 3.24. The summed E-state index contributed by atoms with van der Waals surface area (Å²) < 4.78 is 43.4. The van der Waals surface area contributed by atoms with Gasteiger partial charge in [0, 0.05) is 37.7 Å². The van der Waals surface area contributed by atoms with Crippen LogP contribution in [-0.4, -0.2) is 46.3 Å². The van der Waals surface area contributed by atoms with E-state index >= 15 is 0 Å². The van der Waals surface area contributed by atoms with Crippen LogP contribution in [0.4, 0.5) is 13.2 Å². The van der Waals surface area contributed by atoms with Crippen LogP contribution in [0.3, 0.4) is 0 Å². The second kappa shape index (κ2) is 7.86. The normalized spacial score (nSPS) is 16.6. The number of hydrogen-bond acceptors (Lipinski definition) is 5. The predicted octanol–water partition coefficient (Wildman–Crippen LogP) is 3.40. The van der Waals surface area contributed by atoms with Crippen LogP contribution in [0.15, 0.2) is 48.7 Å². The Morgan fingerprint density at radius 2 is 2.00 bits per heavy atom. The van der Waals surface area contributed by atoms with Crippen molar-refractivity contribution in [1.82, 2.24) is 20.2 Å². The van der Waals surface area contributed by atoms with Gasteiger partial charge in [0.15, 0.2) is 0 Å². The molecule has 0 spiro atoms. The lowest BCUT2D eigenvalue weighted by molar-refractivity contribution is -0.137. The first-order valence-corrected chi connectivity index (χ1v) is 9.36. The van der Waals surface area contributed by atoms with Gasteiger partial charge in [-0.1, -0.05) is 6.07 Å². The fourth-order valence-electron chi connectivity index (χ4n) is 3.24. The number of carbonyl (C=O) groups is 2. The molecule has 0 bridgehead atoms. The molecular formula is C21H17F3N4O3. The lowest BCUT2D eigenvalue weighted by atomic mass is 10.2. The first kappa shape index (κ1) is 20.6. The summed E-state index contributed by atoms with van der Waals surface area (Å²) in [5.41, 5.74) is -0.102. The highest BCUT2D eigenvalue weighted by atomic mass is 19.4. The number of hydrogen-bond donors (Lipinski definition) is 1. The van der Waals surface area contributed by atoms with Crippen molar-refractivity contribution in [3.8, 4) is 11.6 Å². The second-order valence-electron chi connectivity index (χ2n) is 7.18. The molecule has 3 aromatic rings. The zero-order valence-electron chi connectivity index (χ0n) is 16.3. The Morgan fingerprint density at radius 1 is 1.19 bits per heavy atom. The van der Waals surface area contributed by atoms with Gasteiger partial charge in [0.05, 0.1) is 17.1 Å². The highest BCUT2D eigenvalue weighted by Crippen LogP contribution is 2.30. The van der Waals surface area contributed by atoms with E-state index in [0.717, 1.165) is 12.1 Å². The number of benzene rings is 1. The molecular weight excluding hydrogens is 413 g/mol. The molecule has 10 heteroatoms. The molecule has 1 fully saturated rings. The number of likely N-dealkylation sites (tertiary alicyclic amines) is 1. The van der Waals surface area contributed by atoms with Crippen molar-refractivity contribution in [2.24, 2.45) is 0 Å². The minimum atomic E-state index is -4.46. The maximum Gasteiger partial charge on any atom is 0.417 e. The molecule has 2 amide bonds. The summed E-state index contributed by atoms with van der Waals surface area (Å²) in [6.45, 7) is 0.455. The van der Waals surface area contributed by atoms with Gasteiger partial charge < -0.3 is 15.0 Å². The summed E-state index contributed by atoms with van der Waals surface area (Å²) in [5.74, 6) is -0.00484. The van der Waals surface area contributed by atoms with Crippen molar-refractivity contribution in [3.05, 3.63) is 59.9 Å². The van der Waals surface area contributed by atoms with Crippen LogP contribution in [-0.2, 0) is 11.0 Å². The number of ether oxygens (including phenoxy) is 1. The first-order valence-electron chi connectivity index (χ1n) is 9.36. The zero-order chi connectivity index (χ0) is 22.2. The minimum Gasteiger partial charge on any atom is -0.439 e. The van der Waals surface area contributed by atoms with Crippen LogP contribution >= 0.6 is 0 Å². The fraction of sp³-hybridized carbons (Fsp3) is 0.238. The number of halogens is 3. The van der Waals surface area contributed by atoms with Crippen LogP contribution in [0.2, 0.25) is 0 Å². The molecule has 2 aromatic heterocycles. The smallest absolute Gasteiger partial charge is 0.417 e. The highest BCUT2D eigenvalue weighted by Gasteiger charge is 2.31. The number of carbonyl (C=O) groups excluding carboxylic acids is 2. The molecule has 7 nitrogen and oxygen atoms in total. The third-order valence-corrected chi connectivity index (χ3v) is 4.86. The van der Waals surface area contributed by atoms with Gasteiger partial charge >= 0.3 is 6.18 Å². The number of nitrogens with one attached hydrogen (secondary N) is 1. The van der Waals surface area contributed by atoms with Gasteiger partial charge in [0.25, 0.3) is 5.91 Å². The molecule has 3 heterocycles. The molecule has 4 rings (SSSR count). The summed E-state index contributed by atoms with van der Waals surface area (Å²) in [7, 11) is 1.68. The standard InChI is InChI=1S/C21H17F3N4O3/c1-28-11-14(9-19(28)29)26-20(30)17-5-2-12-8-15(4-6-16(12)27-17)31-18-7-3-13(10-25-18)21(22,23)24/h2-8,10,14H,9,11H2,1H3,(H,26,30)/t14-/m0/s1. The van der Waals surface area contributed by atoms with Crippen LogP contribution in [0, 0.1) is 0 Å². The SMILES string of the molecule is CN1C[C@@H](NC(=O)c2ccc3cc(Oc4ccc(C(F)(F)F)cn4)ccc3n2)CC1=O. The zero-order valence-corrected chi connectivity index (χ0v) is 16.3. The van der Waals surface area contributed by atoms with E-state index in [1.807, 2.05) is 0 Å². The number of aromatic nitrogens is 2. The Hall–Kier alpha value is -3.69. The minimum absolute atomic E-state index is 0.0207. The molecule has 0 unspecified atom stereocenters. The molecule has 1 N–H and O–H groups in total.